The van der Waals surface area contributed by atoms with E-state index in [0.29, 0.717) is 0 Å². The Morgan fingerprint density at radius 3 is 1.71 bits per heavy atom. The van der Waals surface area contributed by atoms with Crippen LogP contribution in [-0.2, 0) is 19.2 Å². The standard InChI is InChI=1S/C8H13N3O5S/c1-4(12)8(17,7(15)16)11(5(13)2-9)6(14)3-10/h17H,2-3,9-10H2,1H3,(H,15,16). The maximum Gasteiger partial charge on any atom is 0.348 e. The minimum atomic E-state index is -2.59. The lowest BCUT2D eigenvalue weighted by atomic mass is 10.1. The zero-order valence-corrected chi connectivity index (χ0v) is 9.94. The summed E-state index contributed by atoms with van der Waals surface area (Å²) in [4.78, 5) is 42.8. The molecular weight excluding hydrogens is 250 g/mol. The van der Waals surface area contributed by atoms with E-state index >= 15 is 0 Å². The molecule has 0 radical (unpaired) electrons. The molecule has 0 aromatic rings. The second-order valence-electron chi connectivity index (χ2n) is 3.06. The van der Waals surface area contributed by atoms with E-state index in [1.807, 2.05) is 0 Å². The largest absolute Gasteiger partial charge is 0.478 e. The molecule has 0 aromatic heterocycles. The average Bonchev–Trinajstić information content (AvgIpc) is 2.27. The quantitative estimate of drug-likeness (QED) is 0.245. The lowest BCUT2D eigenvalue weighted by molar-refractivity contribution is -0.162. The fraction of sp³-hybridized carbons (Fsp3) is 0.500. The molecule has 0 bridgehead atoms. The average molecular weight is 263 g/mol. The normalized spacial score (nSPS) is 13.6. The van der Waals surface area contributed by atoms with Crippen molar-refractivity contribution in [3.05, 3.63) is 0 Å². The molecule has 0 saturated heterocycles. The molecule has 0 aromatic carbocycles. The number of amides is 2. The summed E-state index contributed by atoms with van der Waals surface area (Å²) in [6.07, 6.45) is 0. The van der Waals surface area contributed by atoms with E-state index in [9.17, 15) is 19.2 Å². The van der Waals surface area contributed by atoms with Gasteiger partial charge >= 0.3 is 5.97 Å². The van der Waals surface area contributed by atoms with Gasteiger partial charge in [0.25, 0.3) is 0 Å². The molecule has 1 unspecified atom stereocenters. The van der Waals surface area contributed by atoms with Crippen LogP contribution in [0.15, 0.2) is 0 Å². The number of nitrogens with two attached hydrogens (primary N) is 2. The summed E-state index contributed by atoms with van der Waals surface area (Å²) < 4.78 is 0. The van der Waals surface area contributed by atoms with E-state index in [1.54, 1.807) is 0 Å². The highest BCUT2D eigenvalue weighted by atomic mass is 32.1. The van der Waals surface area contributed by atoms with Gasteiger partial charge in [-0.15, -0.1) is 12.6 Å². The van der Waals surface area contributed by atoms with Gasteiger partial charge in [0.1, 0.15) is 0 Å². The number of hydrogen-bond acceptors (Lipinski definition) is 7. The van der Waals surface area contributed by atoms with Gasteiger partial charge in [0, 0.05) is 0 Å². The molecule has 0 saturated carbocycles. The number of carbonyl (C=O) groups is 4. The van der Waals surface area contributed by atoms with E-state index in [4.69, 9.17) is 16.6 Å². The maximum absolute atomic E-state index is 11.4. The van der Waals surface area contributed by atoms with E-state index < -0.39 is 41.5 Å². The number of Topliss-reactive ketones (excluding diaryl/α,β-unsaturated/α-hetero) is 1. The second-order valence-corrected chi connectivity index (χ2v) is 3.71. The Labute approximate surface area is 102 Å². The number of ketones is 1. The van der Waals surface area contributed by atoms with Crippen LogP contribution < -0.4 is 11.5 Å². The Morgan fingerprint density at radius 1 is 1.18 bits per heavy atom. The summed E-state index contributed by atoms with van der Waals surface area (Å²) >= 11 is 3.61. The number of imide groups is 1. The Balaban J connectivity index is 5.70. The Morgan fingerprint density at radius 2 is 1.53 bits per heavy atom. The molecule has 1 atom stereocenters. The van der Waals surface area contributed by atoms with Crippen LogP contribution in [0.5, 0.6) is 0 Å². The van der Waals surface area contributed by atoms with Gasteiger partial charge < -0.3 is 16.6 Å². The Bertz CT molecular complexity index is 340. The zero-order valence-electron chi connectivity index (χ0n) is 9.04. The number of carboxylic acid groups (broad SMARTS) is 1. The van der Waals surface area contributed by atoms with Crippen LogP contribution in [0.2, 0.25) is 0 Å². The smallest absolute Gasteiger partial charge is 0.348 e. The minimum Gasteiger partial charge on any atom is -0.478 e. The van der Waals surface area contributed by atoms with Crippen molar-refractivity contribution in [1.82, 2.24) is 4.90 Å². The van der Waals surface area contributed by atoms with Gasteiger partial charge in [0.05, 0.1) is 13.1 Å². The molecule has 0 aliphatic carbocycles. The highest BCUT2D eigenvalue weighted by molar-refractivity contribution is 7.83. The lowest BCUT2D eigenvalue weighted by Crippen LogP contribution is -2.62. The highest BCUT2D eigenvalue weighted by Gasteiger charge is 2.50. The van der Waals surface area contributed by atoms with Crippen LogP contribution in [0.25, 0.3) is 0 Å². The van der Waals surface area contributed by atoms with Gasteiger partial charge in [-0.25, -0.2) is 9.69 Å². The SMILES string of the molecule is CC(=O)C(S)(C(=O)O)N(C(=O)CN)C(=O)CN. The molecule has 9 heteroatoms. The number of carboxylic acids is 1. The molecule has 0 fully saturated rings. The summed E-state index contributed by atoms with van der Waals surface area (Å²) in [5.41, 5.74) is 10.1. The van der Waals surface area contributed by atoms with Gasteiger partial charge in [-0.1, -0.05) is 0 Å². The molecule has 0 aliphatic rings. The summed E-state index contributed by atoms with van der Waals surface area (Å²) in [5.74, 6) is -4.85. The molecule has 2 amide bonds. The van der Waals surface area contributed by atoms with Gasteiger partial charge in [-0.05, 0) is 6.92 Å². The molecule has 0 aliphatic heterocycles. The number of thiol groups is 1. The van der Waals surface area contributed by atoms with Crippen LogP contribution in [0.4, 0.5) is 0 Å². The van der Waals surface area contributed by atoms with Gasteiger partial charge in [0.15, 0.2) is 5.78 Å². The first-order valence-electron chi connectivity index (χ1n) is 4.46. The van der Waals surface area contributed by atoms with Crippen molar-refractivity contribution >= 4 is 36.2 Å². The first-order valence-corrected chi connectivity index (χ1v) is 4.91. The molecule has 0 heterocycles. The van der Waals surface area contributed by atoms with Crippen molar-refractivity contribution < 1.29 is 24.3 Å². The van der Waals surface area contributed by atoms with Crippen LogP contribution in [0.1, 0.15) is 6.92 Å². The molecule has 0 spiro atoms. The predicted octanol–water partition coefficient (Wildman–Crippen LogP) is -2.44. The number of carbonyl (C=O) groups excluding carboxylic acids is 3. The minimum absolute atomic E-state index is 0.167. The number of rotatable bonds is 5. The van der Waals surface area contributed by atoms with Gasteiger partial charge in [-0.2, -0.15) is 0 Å². The van der Waals surface area contributed by atoms with Crippen LogP contribution in [0.3, 0.4) is 0 Å². The lowest BCUT2D eigenvalue weighted by Gasteiger charge is -2.32. The third kappa shape index (κ3) is 2.81. The highest BCUT2D eigenvalue weighted by Crippen LogP contribution is 2.22. The summed E-state index contributed by atoms with van der Waals surface area (Å²) in [6.45, 7) is -0.398. The summed E-state index contributed by atoms with van der Waals surface area (Å²) in [5, 5.41) is 8.94. The van der Waals surface area contributed by atoms with E-state index in [2.05, 4.69) is 12.6 Å². The first-order chi connectivity index (χ1) is 7.73. The Kier molecular flexibility index (Phi) is 5.26. The summed E-state index contributed by atoms with van der Waals surface area (Å²) in [7, 11) is 0. The zero-order chi connectivity index (χ0) is 13.8. The van der Waals surface area contributed by atoms with Crippen molar-refractivity contribution in [2.45, 2.75) is 11.8 Å². The van der Waals surface area contributed by atoms with Crippen molar-refractivity contribution in [2.75, 3.05) is 13.1 Å². The number of aliphatic carboxylic acids is 1. The third-order valence-electron chi connectivity index (χ3n) is 1.96. The Hall–Kier alpha value is -1.45. The van der Waals surface area contributed by atoms with Crippen molar-refractivity contribution in [3.8, 4) is 0 Å². The third-order valence-corrected chi connectivity index (χ3v) is 2.67. The van der Waals surface area contributed by atoms with Gasteiger partial charge in [0.2, 0.25) is 16.7 Å². The summed E-state index contributed by atoms with van der Waals surface area (Å²) in [6, 6.07) is 0. The molecule has 17 heavy (non-hydrogen) atoms. The van der Waals surface area contributed by atoms with Crippen molar-refractivity contribution in [2.24, 2.45) is 11.5 Å². The van der Waals surface area contributed by atoms with Crippen LogP contribution >= 0.6 is 12.6 Å². The van der Waals surface area contributed by atoms with E-state index in [-0.39, 0.29) is 4.90 Å². The first kappa shape index (κ1) is 15.6. The monoisotopic (exact) mass is 263 g/mol. The second kappa shape index (κ2) is 5.75. The number of nitrogens with zero attached hydrogens (tertiary/aromatic N) is 1. The number of hydrogen-bond donors (Lipinski definition) is 4. The molecular formula is C8H13N3O5S. The van der Waals surface area contributed by atoms with Gasteiger partial charge in [-0.3, -0.25) is 14.4 Å². The molecule has 8 nitrogen and oxygen atoms in total. The maximum atomic E-state index is 11.4. The molecule has 5 N–H and O–H groups in total. The molecule has 0 rings (SSSR count). The van der Waals surface area contributed by atoms with Crippen molar-refractivity contribution in [1.29, 1.82) is 0 Å². The topological polar surface area (TPSA) is 144 Å². The van der Waals surface area contributed by atoms with Crippen LogP contribution in [0, 0.1) is 0 Å². The fourth-order valence-electron chi connectivity index (χ4n) is 1.09. The van der Waals surface area contributed by atoms with Crippen LogP contribution in [-0.4, -0.2) is 51.5 Å². The fourth-order valence-corrected chi connectivity index (χ4v) is 1.31. The van der Waals surface area contributed by atoms with E-state index in [0.717, 1.165) is 6.92 Å². The van der Waals surface area contributed by atoms with E-state index in [1.165, 1.54) is 0 Å². The van der Waals surface area contributed by atoms with Crippen molar-refractivity contribution in [3.63, 3.8) is 0 Å². The molecule has 96 valence electrons. The predicted molar refractivity (Wildman–Crippen MR) is 60.0 cm³/mol.